The first kappa shape index (κ1) is 27.4. The second kappa shape index (κ2) is 10.4. The van der Waals surface area contributed by atoms with Crippen molar-refractivity contribution in [2.75, 3.05) is 7.11 Å². The number of rotatable bonds is 7. The molecule has 0 bridgehead atoms. The molecule has 0 unspecified atom stereocenters. The molecule has 0 aromatic heterocycles. The Balaban J connectivity index is 1.46. The van der Waals surface area contributed by atoms with Gasteiger partial charge in [-0.2, -0.15) is 0 Å². The van der Waals surface area contributed by atoms with E-state index in [1.165, 1.54) is 11.6 Å². The smallest absolute Gasteiger partial charge is 0.307 e. The zero-order valence-corrected chi connectivity index (χ0v) is 23.6. The van der Waals surface area contributed by atoms with Crippen LogP contribution in [0.5, 0.6) is 5.75 Å². The van der Waals surface area contributed by atoms with Crippen molar-refractivity contribution in [3.63, 3.8) is 0 Å². The molecule has 206 valence electrons. The predicted octanol–water partition coefficient (Wildman–Crippen LogP) is 8.18. The number of carbonyl (C=O) groups is 1. The number of fused-ring (bicyclic) bond motifs is 2. The van der Waals surface area contributed by atoms with Gasteiger partial charge in [0.05, 0.1) is 12.0 Å². The third kappa shape index (κ3) is 5.09. The van der Waals surface area contributed by atoms with Gasteiger partial charge in [0.25, 0.3) is 0 Å². The maximum absolute atomic E-state index is 15.0. The van der Waals surface area contributed by atoms with E-state index in [-0.39, 0.29) is 28.7 Å². The summed E-state index contributed by atoms with van der Waals surface area (Å²) in [5.41, 5.74) is 6.22. The molecule has 2 aliphatic carbocycles. The zero-order valence-electron chi connectivity index (χ0n) is 23.6. The van der Waals surface area contributed by atoms with Crippen LogP contribution in [0, 0.1) is 24.1 Å². The fourth-order valence-electron chi connectivity index (χ4n) is 6.80. The van der Waals surface area contributed by atoms with Crippen LogP contribution in [-0.4, -0.2) is 18.2 Å². The maximum atomic E-state index is 15.0. The van der Waals surface area contributed by atoms with Crippen molar-refractivity contribution < 1.29 is 23.8 Å². The van der Waals surface area contributed by atoms with Crippen molar-refractivity contribution in [2.24, 2.45) is 11.3 Å². The van der Waals surface area contributed by atoms with Crippen LogP contribution in [0.4, 0.5) is 4.39 Å². The molecule has 2 aliphatic rings. The Morgan fingerprint density at radius 1 is 1.08 bits per heavy atom. The Bertz CT molecular complexity index is 1390. The summed E-state index contributed by atoms with van der Waals surface area (Å²) in [6.07, 6.45) is 4.35. The highest BCUT2D eigenvalue weighted by Gasteiger charge is 2.53. The minimum atomic E-state index is -0.690. The summed E-state index contributed by atoms with van der Waals surface area (Å²) >= 11 is 0. The fraction of sp³-hybridized carbons (Fsp3) is 0.441. The van der Waals surface area contributed by atoms with E-state index < -0.39 is 5.97 Å². The van der Waals surface area contributed by atoms with E-state index in [2.05, 4.69) is 39.0 Å². The van der Waals surface area contributed by atoms with E-state index >= 15 is 0 Å². The van der Waals surface area contributed by atoms with E-state index in [9.17, 15) is 14.3 Å². The van der Waals surface area contributed by atoms with Crippen LogP contribution in [-0.2, 0) is 28.0 Å². The molecule has 0 amide bonds. The zero-order chi connectivity index (χ0) is 27.9. The predicted molar refractivity (Wildman–Crippen MR) is 152 cm³/mol. The number of halogens is 1. The molecule has 0 saturated heterocycles. The summed E-state index contributed by atoms with van der Waals surface area (Å²) in [6.45, 7) is 8.67. The second-order valence-electron chi connectivity index (χ2n) is 12.4. The number of hydrogen-bond donors (Lipinski definition) is 1. The number of carboxylic acid groups (broad SMARTS) is 1. The van der Waals surface area contributed by atoms with Crippen molar-refractivity contribution >= 4 is 5.97 Å². The molecule has 3 aromatic carbocycles. The topological polar surface area (TPSA) is 55.8 Å². The van der Waals surface area contributed by atoms with Crippen molar-refractivity contribution in [1.29, 1.82) is 0 Å². The van der Waals surface area contributed by atoms with Crippen molar-refractivity contribution in [3.05, 3.63) is 88.2 Å². The number of ether oxygens (including phenoxy) is 2. The molecule has 1 saturated carbocycles. The first-order chi connectivity index (χ1) is 18.5. The molecule has 0 heterocycles. The molecular formula is C34H39FO4. The number of methoxy groups -OCH3 is 1. The van der Waals surface area contributed by atoms with Gasteiger partial charge in [0, 0.05) is 18.1 Å². The van der Waals surface area contributed by atoms with Gasteiger partial charge < -0.3 is 14.6 Å². The molecule has 4 nitrogen and oxygen atoms in total. The summed E-state index contributed by atoms with van der Waals surface area (Å²) < 4.78 is 27.2. The summed E-state index contributed by atoms with van der Waals surface area (Å²) in [5, 5.41) is 9.82. The monoisotopic (exact) mass is 530 g/mol. The van der Waals surface area contributed by atoms with Crippen LogP contribution in [0.1, 0.15) is 80.4 Å². The van der Waals surface area contributed by atoms with Gasteiger partial charge in [0.15, 0.2) is 0 Å². The fourth-order valence-corrected chi connectivity index (χ4v) is 6.80. The van der Waals surface area contributed by atoms with Crippen LogP contribution < -0.4 is 4.74 Å². The van der Waals surface area contributed by atoms with Crippen LogP contribution in [0.3, 0.4) is 0 Å². The first-order valence-electron chi connectivity index (χ1n) is 13.9. The van der Waals surface area contributed by atoms with Gasteiger partial charge >= 0.3 is 5.97 Å². The van der Waals surface area contributed by atoms with Gasteiger partial charge in [-0.3, -0.25) is 4.79 Å². The number of hydrogen-bond acceptors (Lipinski definition) is 3. The SMILES string of the molecule is CO[C@@H](c1cc(COc2ccc3c(c2)[C@]2(CCC3)CC[C@H]2C(=O)O)ccc1-c1cc(C)ccc1F)C(C)(C)C. The Kier molecular flexibility index (Phi) is 7.32. The quantitative estimate of drug-likeness (QED) is 0.335. The van der Waals surface area contributed by atoms with E-state index in [0.717, 1.165) is 65.7 Å². The lowest BCUT2D eigenvalue weighted by atomic mass is 9.52. The minimum absolute atomic E-state index is 0.209. The number of benzene rings is 3. The molecule has 5 rings (SSSR count). The van der Waals surface area contributed by atoms with Crippen molar-refractivity contribution in [1.82, 2.24) is 0 Å². The molecule has 3 aromatic rings. The average molecular weight is 531 g/mol. The molecule has 3 atom stereocenters. The Labute approximate surface area is 231 Å². The van der Waals surface area contributed by atoms with Gasteiger partial charge in [-0.25, -0.2) is 4.39 Å². The highest BCUT2D eigenvalue weighted by Crippen LogP contribution is 2.55. The molecular weight excluding hydrogens is 491 g/mol. The van der Waals surface area contributed by atoms with Gasteiger partial charge in [-0.1, -0.05) is 50.6 Å². The third-order valence-electron chi connectivity index (χ3n) is 8.77. The standard InChI is InChI=1S/C34H39FO4/c1-21-8-13-30(35)26(17-21)25-12-9-22(18-27(25)31(38-5)33(2,3)4)20-39-24-11-10-23-7-6-15-34(29(23)19-24)16-14-28(34)32(36)37/h8-13,17-19,28,31H,6-7,14-16,20H2,1-5H3,(H,36,37)/t28-,31-,34+/m0/s1. The summed E-state index contributed by atoms with van der Waals surface area (Å²) in [6, 6.07) is 17.4. The molecule has 5 heteroatoms. The molecule has 39 heavy (non-hydrogen) atoms. The maximum Gasteiger partial charge on any atom is 0.307 e. The number of aliphatic carboxylic acids is 1. The molecule has 1 N–H and O–H groups in total. The second-order valence-corrected chi connectivity index (χ2v) is 12.4. The summed E-state index contributed by atoms with van der Waals surface area (Å²) in [7, 11) is 1.70. The molecule has 0 radical (unpaired) electrons. The Morgan fingerprint density at radius 2 is 1.87 bits per heavy atom. The Hall–Kier alpha value is -3.18. The van der Waals surface area contributed by atoms with Gasteiger partial charge in [0.1, 0.15) is 18.2 Å². The van der Waals surface area contributed by atoms with Gasteiger partial charge in [-0.05, 0) is 103 Å². The molecule has 0 aliphatic heterocycles. The van der Waals surface area contributed by atoms with Crippen molar-refractivity contribution in [3.8, 4) is 16.9 Å². The largest absolute Gasteiger partial charge is 0.489 e. The van der Waals surface area contributed by atoms with Crippen LogP contribution >= 0.6 is 0 Å². The lowest BCUT2D eigenvalue weighted by Crippen LogP contribution is -2.50. The lowest BCUT2D eigenvalue weighted by molar-refractivity contribution is -0.150. The molecule has 1 spiro atoms. The van der Waals surface area contributed by atoms with Crippen molar-refractivity contribution in [2.45, 2.75) is 77.9 Å². The normalized spacial score (nSPS) is 21.2. The van der Waals surface area contributed by atoms with Gasteiger partial charge in [0.2, 0.25) is 0 Å². The van der Waals surface area contributed by atoms with E-state index in [0.29, 0.717) is 12.2 Å². The molecule has 1 fully saturated rings. The number of aryl methyl sites for hydroxylation is 2. The Morgan fingerprint density at radius 3 is 2.54 bits per heavy atom. The van der Waals surface area contributed by atoms with E-state index in [4.69, 9.17) is 9.47 Å². The van der Waals surface area contributed by atoms with Crippen LogP contribution in [0.15, 0.2) is 54.6 Å². The first-order valence-corrected chi connectivity index (χ1v) is 13.9. The average Bonchev–Trinajstić information content (AvgIpc) is 2.87. The lowest BCUT2D eigenvalue weighted by Gasteiger charge is -2.51. The number of carboxylic acids is 1. The van der Waals surface area contributed by atoms with E-state index in [1.54, 1.807) is 13.2 Å². The van der Waals surface area contributed by atoms with Crippen LogP contribution in [0.25, 0.3) is 11.1 Å². The van der Waals surface area contributed by atoms with Crippen LogP contribution in [0.2, 0.25) is 0 Å². The highest BCUT2D eigenvalue weighted by molar-refractivity contribution is 5.75. The van der Waals surface area contributed by atoms with E-state index in [1.807, 2.05) is 31.2 Å². The minimum Gasteiger partial charge on any atom is -0.489 e. The van der Waals surface area contributed by atoms with Gasteiger partial charge in [-0.15, -0.1) is 0 Å². The third-order valence-corrected chi connectivity index (χ3v) is 8.77. The summed E-state index contributed by atoms with van der Waals surface area (Å²) in [5.74, 6) is -0.509. The summed E-state index contributed by atoms with van der Waals surface area (Å²) in [4.78, 5) is 11.9. The highest BCUT2D eigenvalue weighted by atomic mass is 19.1.